The van der Waals surface area contributed by atoms with Gasteiger partial charge in [0.15, 0.2) is 11.5 Å². The summed E-state index contributed by atoms with van der Waals surface area (Å²) >= 11 is 0. The molecule has 0 N–H and O–H groups in total. The lowest BCUT2D eigenvalue weighted by Gasteiger charge is -2.03. The van der Waals surface area contributed by atoms with Crippen molar-refractivity contribution < 1.29 is 9.13 Å². The highest BCUT2D eigenvalue weighted by Gasteiger charge is 2.15. The van der Waals surface area contributed by atoms with Gasteiger partial charge in [-0.05, 0) is 36.4 Å². The van der Waals surface area contributed by atoms with Crippen LogP contribution >= 0.6 is 0 Å². The Balaban J connectivity index is 2.23. The van der Waals surface area contributed by atoms with Crippen molar-refractivity contribution in [2.45, 2.75) is 6.42 Å². The molecule has 0 aliphatic heterocycles. The Morgan fingerprint density at radius 3 is 2.71 bits per heavy atom. The van der Waals surface area contributed by atoms with Crippen LogP contribution in [0.1, 0.15) is 5.69 Å². The first kappa shape index (κ1) is 13.1. The van der Waals surface area contributed by atoms with E-state index in [1.54, 1.807) is 23.8 Å². The molecular formula is C16H12FN3O. The van der Waals surface area contributed by atoms with E-state index in [0.29, 0.717) is 11.4 Å². The molecule has 0 saturated heterocycles. The molecule has 0 spiro atoms. The standard InChI is InChI=1S/C16H12FN3O/c1-21-12-6-4-11(5-7-12)15-14(8-9-18)20-10-2-3-13(17)16(20)19-15/h2-7,10H,8H2,1H3. The molecule has 3 aromatic rings. The van der Waals surface area contributed by atoms with Gasteiger partial charge in [0.1, 0.15) is 5.75 Å². The molecule has 0 radical (unpaired) electrons. The number of nitriles is 1. The summed E-state index contributed by atoms with van der Waals surface area (Å²) in [7, 11) is 1.59. The van der Waals surface area contributed by atoms with Crippen molar-refractivity contribution in [3.63, 3.8) is 0 Å². The van der Waals surface area contributed by atoms with E-state index < -0.39 is 5.82 Å². The number of hydrogen-bond acceptors (Lipinski definition) is 3. The van der Waals surface area contributed by atoms with Gasteiger partial charge in [0.2, 0.25) is 0 Å². The summed E-state index contributed by atoms with van der Waals surface area (Å²) in [6.07, 6.45) is 1.87. The molecule has 0 aliphatic carbocycles. The van der Waals surface area contributed by atoms with Crippen LogP contribution < -0.4 is 4.74 Å². The van der Waals surface area contributed by atoms with Gasteiger partial charge in [-0.25, -0.2) is 9.37 Å². The molecule has 0 saturated carbocycles. The van der Waals surface area contributed by atoms with Crippen LogP contribution in [-0.4, -0.2) is 16.5 Å². The molecule has 2 aromatic heterocycles. The maximum Gasteiger partial charge on any atom is 0.174 e. The summed E-state index contributed by atoms with van der Waals surface area (Å²) in [6, 6.07) is 12.4. The third-order valence-corrected chi connectivity index (χ3v) is 3.31. The molecule has 5 heteroatoms. The van der Waals surface area contributed by atoms with Crippen LogP contribution in [0.2, 0.25) is 0 Å². The van der Waals surface area contributed by atoms with Crippen LogP contribution in [0.25, 0.3) is 16.9 Å². The maximum atomic E-state index is 13.9. The van der Waals surface area contributed by atoms with Gasteiger partial charge in [-0.2, -0.15) is 5.26 Å². The molecule has 1 aromatic carbocycles. The van der Waals surface area contributed by atoms with Crippen LogP contribution in [0.5, 0.6) is 5.75 Å². The molecule has 21 heavy (non-hydrogen) atoms. The van der Waals surface area contributed by atoms with E-state index in [1.807, 2.05) is 24.3 Å². The van der Waals surface area contributed by atoms with Gasteiger partial charge >= 0.3 is 0 Å². The number of benzene rings is 1. The number of fused-ring (bicyclic) bond motifs is 1. The molecule has 0 amide bonds. The van der Waals surface area contributed by atoms with Crippen LogP contribution in [-0.2, 0) is 6.42 Å². The summed E-state index contributed by atoms with van der Waals surface area (Å²) < 4.78 is 20.6. The molecule has 0 bridgehead atoms. The zero-order valence-electron chi connectivity index (χ0n) is 11.4. The monoisotopic (exact) mass is 281 g/mol. The fourth-order valence-electron chi connectivity index (χ4n) is 2.31. The molecule has 0 atom stereocenters. The zero-order valence-corrected chi connectivity index (χ0v) is 11.4. The van der Waals surface area contributed by atoms with E-state index in [1.165, 1.54) is 6.07 Å². The summed E-state index contributed by atoms with van der Waals surface area (Å²) in [5.74, 6) is 0.326. The topological polar surface area (TPSA) is 50.3 Å². The van der Waals surface area contributed by atoms with E-state index >= 15 is 0 Å². The van der Waals surface area contributed by atoms with Crippen LogP contribution in [0.3, 0.4) is 0 Å². The Hall–Kier alpha value is -2.87. The number of ether oxygens (including phenoxy) is 1. The molecule has 104 valence electrons. The number of rotatable bonds is 3. The van der Waals surface area contributed by atoms with Crippen molar-refractivity contribution >= 4 is 5.65 Å². The summed E-state index contributed by atoms with van der Waals surface area (Å²) in [5.41, 5.74) is 2.35. The molecule has 0 unspecified atom stereocenters. The molecule has 0 fully saturated rings. The molecule has 0 aliphatic rings. The van der Waals surface area contributed by atoms with Crippen molar-refractivity contribution in [1.29, 1.82) is 5.26 Å². The highest BCUT2D eigenvalue weighted by Crippen LogP contribution is 2.27. The second kappa shape index (κ2) is 5.25. The predicted molar refractivity (Wildman–Crippen MR) is 76.5 cm³/mol. The Kier molecular flexibility index (Phi) is 3.28. The third kappa shape index (κ3) is 2.21. The molecule has 3 rings (SSSR count). The second-order valence-electron chi connectivity index (χ2n) is 4.52. The number of pyridine rings is 1. The quantitative estimate of drug-likeness (QED) is 0.740. The average Bonchev–Trinajstić information content (AvgIpc) is 2.88. The lowest BCUT2D eigenvalue weighted by Crippen LogP contribution is -1.94. The van der Waals surface area contributed by atoms with Crippen LogP contribution in [0.15, 0.2) is 42.6 Å². The van der Waals surface area contributed by atoms with Crippen molar-refractivity contribution in [3.8, 4) is 23.1 Å². The van der Waals surface area contributed by atoms with Gasteiger partial charge in [0.05, 0.1) is 31.0 Å². The van der Waals surface area contributed by atoms with Crippen molar-refractivity contribution in [3.05, 3.63) is 54.1 Å². The lowest BCUT2D eigenvalue weighted by atomic mass is 10.1. The van der Waals surface area contributed by atoms with E-state index in [4.69, 9.17) is 10.00 Å². The maximum absolute atomic E-state index is 13.9. The second-order valence-corrected chi connectivity index (χ2v) is 4.52. The van der Waals surface area contributed by atoms with Gasteiger partial charge in [-0.3, -0.25) is 4.40 Å². The largest absolute Gasteiger partial charge is 0.497 e. The minimum absolute atomic E-state index is 0.159. The van der Waals surface area contributed by atoms with Crippen molar-refractivity contribution in [2.75, 3.05) is 7.11 Å². The number of aromatic nitrogens is 2. The number of nitrogens with zero attached hydrogens (tertiary/aromatic N) is 3. The SMILES string of the molecule is COc1ccc(-c2nc3c(F)cccn3c2CC#N)cc1. The molecule has 2 heterocycles. The molecule has 4 nitrogen and oxygen atoms in total. The fraction of sp³-hybridized carbons (Fsp3) is 0.125. The Bertz CT molecular complexity index is 831. The first-order chi connectivity index (χ1) is 10.2. The highest BCUT2D eigenvalue weighted by molar-refractivity contribution is 5.67. The van der Waals surface area contributed by atoms with E-state index in [9.17, 15) is 4.39 Å². The normalized spacial score (nSPS) is 10.5. The first-order valence-electron chi connectivity index (χ1n) is 6.41. The Morgan fingerprint density at radius 2 is 2.05 bits per heavy atom. The van der Waals surface area contributed by atoms with Gasteiger partial charge in [-0.1, -0.05) is 0 Å². The Morgan fingerprint density at radius 1 is 1.29 bits per heavy atom. The number of halogens is 1. The zero-order chi connectivity index (χ0) is 14.8. The van der Waals surface area contributed by atoms with Gasteiger partial charge in [-0.15, -0.1) is 0 Å². The highest BCUT2D eigenvalue weighted by atomic mass is 19.1. The lowest BCUT2D eigenvalue weighted by molar-refractivity contribution is 0.415. The average molecular weight is 281 g/mol. The minimum atomic E-state index is -0.406. The van der Waals surface area contributed by atoms with Crippen LogP contribution in [0.4, 0.5) is 4.39 Å². The number of methoxy groups -OCH3 is 1. The minimum Gasteiger partial charge on any atom is -0.497 e. The first-order valence-corrected chi connectivity index (χ1v) is 6.41. The third-order valence-electron chi connectivity index (χ3n) is 3.31. The van der Waals surface area contributed by atoms with Gasteiger partial charge in [0.25, 0.3) is 0 Å². The number of hydrogen-bond donors (Lipinski definition) is 0. The summed E-state index contributed by atoms with van der Waals surface area (Å²) in [5, 5.41) is 9.02. The fourth-order valence-corrected chi connectivity index (χ4v) is 2.31. The van der Waals surface area contributed by atoms with Crippen molar-refractivity contribution in [1.82, 2.24) is 9.38 Å². The van der Waals surface area contributed by atoms with Gasteiger partial charge in [0, 0.05) is 11.8 Å². The van der Waals surface area contributed by atoms with Crippen molar-refractivity contribution in [2.24, 2.45) is 0 Å². The van der Waals surface area contributed by atoms with E-state index in [-0.39, 0.29) is 12.1 Å². The molecular weight excluding hydrogens is 269 g/mol. The number of imidazole rings is 1. The van der Waals surface area contributed by atoms with E-state index in [2.05, 4.69) is 11.1 Å². The Labute approximate surface area is 121 Å². The summed E-state index contributed by atoms with van der Waals surface area (Å²) in [6.45, 7) is 0. The summed E-state index contributed by atoms with van der Waals surface area (Å²) in [4.78, 5) is 4.35. The van der Waals surface area contributed by atoms with Crippen LogP contribution in [0, 0.1) is 17.1 Å². The predicted octanol–water partition coefficient (Wildman–Crippen LogP) is 3.22. The van der Waals surface area contributed by atoms with E-state index in [0.717, 1.165) is 11.3 Å². The van der Waals surface area contributed by atoms with Gasteiger partial charge < -0.3 is 4.74 Å². The smallest absolute Gasteiger partial charge is 0.174 e.